The first-order valence-corrected chi connectivity index (χ1v) is 10.1. The Labute approximate surface area is 166 Å². The lowest BCUT2D eigenvalue weighted by atomic mass is 9.87. The molecule has 1 unspecified atom stereocenters. The van der Waals surface area contributed by atoms with E-state index in [2.05, 4.69) is 85.5 Å². The molecule has 2 aliphatic rings. The average Bonchev–Trinajstić information content (AvgIpc) is 2.74. The summed E-state index contributed by atoms with van der Waals surface area (Å²) in [6, 6.07) is 19.2. The Morgan fingerprint density at radius 3 is 2.68 bits per heavy atom. The molecule has 0 fully saturated rings. The summed E-state index contributed by atoms with van der Waals surface area (Å²) in [7, 11) is 0. The summed E-state index contributed by atoms with van der Waals surface area (Å²) < 4.78 is 12.8. The molecule has 0 saturated carbocycles. The molecule has 0 N–H and O–H groups in total. The molecule has 3 aromatic carbocycles. The van der Waals surface area contributed by atoms with Crippen LogP contribution in [0.3, 0.4) is 0 Å². The Kier molecular flexibility index (Phi) is 4.04. The van der Waals surface area contributed by atoms with Crippen LogP contribution < -0.4 is 14.4 Å². The van der Waals surface area contributed by atoms with Gasteiger partial charge in [-0.15, -0.1) is 0 Å². The van der Waals surface area contributed by atoms with Crippen molar-refractivity contribution in [2.75, 3.05) is 24.6 Å². The lowest BCUT2D eigenvalue weighted by Gasteiger charge is -2.39. The topological polar surface area (TPSA) is 21.7 Å². The Balaban J connectivity index is 1.52. The maximum absolute atomic E-state index is 6.61. The van der Waals surface area contributed by atoms with Gasteiger partial charge in [0.05, 0.1) is 0 Å². The monoisotopic (exact) mass is 371 g/mol. The Morgan fingerprint density at radius 2 is 1.82 bits per heavy atom. The van der Waals surface area contributed by atoms with Gasteiger partial charge in [0, 0.05) is 42.4 Å². The van der Waals surface area contributed by atoms with Crippen LogP contribution in [0.25, 0.3) is 16.8 Å². The van der Waals surface area contributed by atoms with Crippen LogP contribution in [0.5, 0.6) is 11.5 Å². The van der Waals surface area contributed by atoms with Crippen molar-refractivity contribution in [3.8, 4) is 11.5 Å². The van der Waals surface area contributed by atoms with E-state index >= 15 is 0 Å². The minimum Gasteiger partial charge on any atom is -0.489 e. The second-order valence-electron chi connectivity index (χ2n) is 7.62. The van der Waals surface area contributed by atoms with Gasteiger partial charge in [0.25, 0.3) is 0 Å². The van der Waals surface area contributed by atoms with E-state index in [1.165, 1.54) is 22.0 Å². The van der Waals surface area contributed by atoms with E-state index in [1.807, 2.05) is 0 Å². The highest BCUT2D eigenvalue weighted by atomic mass is 16.5. The van der Waals surface area contributed by atoms with Crippen LogP contribution in [-0.2, 0) is 6.42 Å². The van der Waals surface area contributed by atoms with Crippen molar-refractivity contribution in [1.82, 2.24) is 0 Å². The summed E-state index contributed by atoms with van der Waals surface area (Å²) in [5.74, 6) is 1.92. The lowest BCUT2D eigenvalue weighted by Crippen LogP contribution is -2.46. The lowest BCUT2D eigenvalue weighted by molar-refractivity contribution is 0.0459. The molecule has 2 heterocycles. The zero-order valence-corrected chi connectivity index (χ0v) is 16.4. The van der Waals surface area contributed by atoms with Crippen LogP contribution in [0.15, 0.2) is 60.7 Å². The molecule has 0 radical (unpaired) electrons. The molecule has 0 bridgehead atoms. The van der Waals surface area contributed by atoms with Crippen LogP contribution in [0.1, 0.15) is 25.0 Å². The van der Waals surface area contributed by atoms with Gasteiger partial charge in [-0.05, 0) is 48.9 Å². The third kappa shape index (κ3) is 2.73. The Hall–Kier alpha value is -2.94. The molecular formula is C25H25NO2. The first kappa shape index (κ1) is 17.2. The Bertz CT molecular complexity index is 1070. The van der Waals surface area contributed by atoms with Gasteiger partial charge in [0.1, 0.15) is 18.1 Å². The number of hydrogen-bond donors (Lipinski definition) is 0. The predicted octanol–water partition coefficient (Wildman–Crippen LogP) is 5.47. The summed E-state index contributed by atoms with van der Waals surface area (Å²) in [5.41, 5.74) is 3.12. The number of hydrogen-bond acceptors (Lipinski definition) is 3. The standard InChI is InChI=1S/C25H25NO2/c1-3-26(4-2)20-11-9-19-13-14-25(28-24(19)15-20)16-22-21-8-6-5-7-18(21)10-12-23(22)27-17-25/h5-15H,3-4,16-17H2,1-2H3. The van der Waals surface area contributed by atoms with E-state index in [1.54, 1.807) is 0 Å². The molecule has 0 amide bonds. The molecule has 1 atom stereocenters. The third-order valence-electron chi connectivity index (χ3n) is 5.95. The smallest absolute Gasteiger partial charge is 0.165 e. The summed E-state index contributed by atoms with van der Waals surface area (Å²) >= 11 is 0. The van der Waals surface area contributed by atoms with Crippen molar-refractivity contribution in [2.24, 2.45) is 0 Å². The van der Waals surface area contributed by atoms with Crippen molar-refractivity contribution in [3.05, 3.63) is 71.8 Å². The largest absolute Gasteiger partial charge is 0.489 e. The number of nitrogens with zero attached hydrogens (tertiary/aromatic N) is 1. The highest BCUT2D eigenvalue weighted by Crippen LogP contribution is 2.41. The van der Waals surface area contributed by atoms with Gasteiger partial charge in [-0.3, -0.25) is 0 Å². The minimum absolute atomic E-state index is 0.452. The van der Waals surface area contributed by atoms with Crippen molar-refractivity contribution >= 4 is 22.5 Å². The molecule has 3 heteroatoms. The molecule has 5 rings (SSSR count). The maximum atomic E-state index is 6.61. The van der Waals surface area contributed by atoms with Crippen molar-refractivity contribution in [3.63, 3.8) is 0 Å². The fourth-order valence-corrected chi connectivity index (χ4v) is 4.39. The molecule has 0 saturated heterocycles. The molecule has 2 aliphatic heterocycles. The summed E-state index contributed by atoms with van der Waals surface area (Å²) in [6.45, 7) is 6.87. The normalized spacial score (nSPS) is 19.6. The fourth-order valence-electron chi connectivity index (χ4n) is 4.39. The number of fused-ring (bicyclic) bond motifs is 4. The van der Waals surface area contributed by atoms with E-state index in [0.717, 1.165) is 36.6 Å². The second-order valence-corrected chi connectivity index (χ2v) is 7.62. The number of ether oxygens (including phenoxy) is 2. The van der Waals surface area contributed by atoms with Crippen LogP contribution >= 0.6 is 0 Å². The highest BCUT2D eigenvalue weighted by Gasteiger charge is 2.39. The van der Waals surface area contributed by atoms with Gasteiger partial charge in [-0.25, -0.2) is 0 Å². The van der Waals surface area contributed by atoms with Crippen molar-refractivity contribution in [1.29, 1.82) is 0 Å². The fraction of sp³-hybridized carbons (Fsp3) is 0.280. The second kappa shape index (κ2) is 6.59. The Morgan fingerprint density at radius 1 is 0.964 bits per heavy atom. The van der Waals surface area contributed by atoms with E-state index in [-0.39, 0.29) is 0 Å². The molecule has 142 valence electrons. The predicted molar refractivity (Wildman–Crippen MR) is 116 cm³/mol. The van der Waals surface area contributed by atoms with Crippen LogP contribution in [0.2, 0.25) is 0 Å². The zero-order valence-electron chi connectivity index (χ0n) is 16.4. The van der Waals surface area contributed by atoms with Gasteiger partial charge in [0.15, 0.2) is 5.60 Å². The van der Waals surface area contributed by atoms with Crippen LogP contribution in [0.4, 0.5) is 5.69 Å². The van der Waals surface area contributed by atoms with Crippen molar-refractivity contribution in [2.45, 2.75) is 25.9 Å². The van der Waals surface area contributed by atoms with Gasteiger partial charge >= 0.3 is 0 Å². The molecule has 0 aromatic heterocycles. The average molecular weight is 371 g/mol. The first-order chi connectivity index (χ1) is 13.7. The van der Waals surface area contributed by atoms with Gasteiger partial charge in [0.2, 0.25) is 0 Å². The van der Waals surface area contributed by atoms with Crippen molar-refractivity contribution < 1.29 is 9.47 Å². The minimum atomic E-state index is -0.452. The SMILES string of the molecule is CCN(CC)c1ccc2c(c1)OC1(C=C2)COc2ccc3ccccc3c2C1. The summed E-state index contributed by atoms with van der Waals surface area (Å²) in [4.78, 5) is 2.34. The van der Waals surface area contributed by atoms with Crippen LogP contribution in [-0.4, -0.2) is 25.3 Å². The molecule has 3 aromatic rings. The molecule has 0 aliphatic carbocycles. The van der Waals surface area contributed by atoms with Gasteiger partial charge in [-0.2, -0.15) is 0 Å². The number of rotatable bonds is 3. The highest BCUT2D eigenvalue weighted by molar-refractivity contribution is 5.88. The number of benzene rings is 3. The molecule has 28 heavy (non-hydrogen) atoms. The van der Waals surface area contributed by atoms with E-state index in [9.17, 15) is 0 Å². The van der Waals surface area contributed by atoms with Gasteiger partial charge < -0.3 is 14.4 Å². The maximum Gasteiger partial charge on any atom is 0.165 e. The summed E-state index contributed by atoms with van der Waals surface area (Å²) in [6.07, 6.45) is 5.18. The molecule has 1 spiro atoms. The zero-order chi connectivity index (χ0) is 19.1. The first-order valence-electron chi connectivity index (χ1n) is 10.1. The quantitative estimate of drug-likeness (QED) is 0.610. The van der Waals surface area contributed by atoms with Gasteiger partial charge in [-0.1, -0.05) is 36.4 Å². The molecular weight excluding hydrogens is 346 g/mol. The van der Waals surface area contributed by atoms with E-state index in [4.69, 9.17) is 9.47 Å². The number of anilines is 1. The molecule has 3 nitrogen and oxygen atoms in total. The summed E-state index contributed by atoms with van der Waals surface area (Å²) in [5, 5.41) is 2.49. The van der Waals surface area contributed by atoms with E-state index < -0.39 is 5.60 Å². The van der Waals surface area contributed by atoms with Crippen LogP contribution in [0, 0.1) is 0 Å². The van der Waals surface area contributed by atoms with E-state index in [0.29, 0.717) is 6.61 Å². The third-order valence-corrected chi connectivity index (χ3v) is 5.95.